The molecule has 1 fully saturated rings. The standard InChI is InChI=1S/C5H8N2O.ClH/c6-1-2-8-5-3-7-4-5;/h5,7H,2-4H2;1H. The summed E-state index contributed by atoms with van der Waals surface area (Å²) in [7, 11) is 0. The van der Waals surface area contributed by atoms with Crippen LogP contribution < -0.4 is 5.32 Å². The molecule has 1 N–H and O–H groups in total. The fourth-order valence-electron chi connectivity index (χ4n) is 0.535. The molecule has 9 heavy (non-hydrogen) atoms. The van der Waals surface area contributed by atoms with Crippen LogP contribution in [0.4, 0.5) is 0 Å². The van der Waals surface area contributed by atoms with Gasteiger partial charge in [-0.05, 0) is 0 Å². The topological polar surface area (TPSA) is 45.0 Å². The number of halogens is 1. The molecule has 0 atom stereocenters. The van der Waals surface area contributed by atoms with Gasteiger partial charge in [0, 0.05) is 13.1 Å². The van der Waals surface area contributed by atoms with E-state index in [2.05, 4.69) is 5.32 Å². The molecule has 0 aromatic heterocycles. The maximum absolute atomic E-state index is 8.04. The third-order valence-corrected chi connectivity index (χ3v) is 1.13. The number of rotatable bonds is 2. The zero-order valence-corrected chi connectivity index (χ0v) is 5.78. The van der Waals surface area contributed by atoms with E-state index in [9.17, 15) is 0 Å². The van der Waals surface area contributed by atoms with Crippen molar-refractivity contribution in [2.45, 2.75) is 6.10 Å². The number of nitrogens with one attached hydrogen (secondary N) is 1. The van der Waals surface area contributed by atoms with E-state index in [-0.39, 0.29) is 19.0 Å². The van der Waals surface area contributed by atoms with Crippen molar-refractivity contribution in [3.63, 3.8) is 0 Å². The minimum Gasteiger partial charge on any atom is -0.361 e. The highest BCUT2D eigenvalue weighted by Crippen LogP contribution is 1.95. The van der Waals surface area contributed by atoms with Crippen LogP contribution in [-0.2, 0) is 4.74 Å². The Bertz CT molecular complexity index is 108. The van der Waals surface area contributed by atoms with Gasteiger partial charge in [0.1, 0.15) is 6.61 Å². The predicted octanol–water partition coefficient (Wildman–Crippen LogP) is -0.0798. The van der Waals surface area contributed by atoms with Gasteiger partial charge < -0.3 is 10.1 Å². The van der Waals surface area contributed by atoms with Crippen LogP contribution in [0.15, 0.2) is 0 Å². The molecule has 0 spiro atoms. The zero-order chi connectivity index (χ0) is 5.82. The van der Waals surface area contributed by atoms with Gasteiger partial charge in [-0.25, -0.2) is 0 Å². The fourth-order valence-corrected chi connectivity index (χ4v) is 0.535. The molecular formula is C5H9ClN2O. The molecule has 0 saturated carbocycles. The Hall–Kier alpha value is -0.300. The molecule has 4 heteroatoms. The highest BCUT2D eigenvalue weighted by molar-refractivity contribution is 5.85. The number of nitrogens with zero attached hydrogens (tertiary/aromatic N) is 1. The second-order valence-corrected chi connectivity index (χ2v) is 1.75. The summed E-state index contributed by atoms with van der Waals surface area (Å²) in [5.41, 5.74) is 0. The maximum atomic E-state index is 8.04. The molecule has 0 radical (unpaired) electrons. The largest absolute Gasteiger partial charge is 0.361 e. The van der Waals surface area contributed by atoms with Gasteiger partial charge in [0.25, 0.3) is 0 Å². The summed E-state index contributed by atoms with van der Waals surface area (Å²) in [5.74, 6) is 0. The molecule has 1 saturated heterocycles. The van der Waals surface area contributed by atoms with E-state index in [4.69, 9.17) is 10.00 Å². The number of nitriles is 1. The van der Waals surface area contributed by atoms with Crippen LogP contribution in [0.2, 0.25) is 0 Å². The van der Waals surface area contributed by atoms with Gasteiger partial charge >= 0.3 is 0 Å². The number of ether oxygens (including phenoxy) is 1. The lowest BCUT2D eigenvalue weighted by molar-refractivity contribution is 0.0388. The minimum atomic E-state index is 0. The van der Waals surface area contributed by atoms with Crippen molar-refractivity contribution in [3.8, 4) is 6.07 Å². The van der Waals surface area contributed by atoms with E-state index >= 15 is 0 Å². The lowest BCUT2D eigenvalue weighted by Crippen LogP contribution is -2.48. The first-order valence-electron chi connectivity index (χ1n) is 2.63. The molecular weight excluding hydrogens is 140 g/mol. The molecule has 0 aromatic carbocycles. The van der Waals surface area contributed by atoms with E-state index < -0.39 is 0 Å². The monoisotopic (exact) mass is 148 g/mol. The van der Waals surface area contributed by atoms with Gasteiger partial charge in [-0.1, -0.05) is 0 Å². The highest BCUT2D eigenvalue weighted by atomic mass is 35.5. The molecule has 0 unspecified atom stereocenters. The Morgan fingerprint density at radius 1 is 1.67 bits per heavy atom. The SMILES string of the molecule is Cl.N#CCOC1CNC1. The fraction of sp³-hybridized carbons (Fsp3) is 0.800. The normalized spacial score (nSPS) is 17.2. The van der Waals surface area contributed by atoms with Gasteiger partial charge in [-0.15, -0.1) is 12.4 Å². The van der Waals surface area contributed by atoms with Gasteiger partial charge in [-0.2, -0.15) is 5.26 Å². The third kappa shape index (κ3) is 2.66. The summed E-state index contributed by atoms with van der Waals surface area (Å²) in [4.78, 5) is 0. The first-order valence-corrected chi connectivity index (χ1v) is 2.63. The third-order valence-electron chi connectivity index (χ3n) is 1.13. The summed E-state index contributed by atoms with van der Waals surface area (Å²) in [6.07, 6.45) is 0.301. The van der Waals surface area contributed by atoms with E-state index in [0.29, 0.717) is 6.10 Å². The first-order chi connectivity index (χ1) is 3.93. The van der Waals surface area contributed by atoms with E-state index in [0.717, 1.165) is 13.1 Å². The molecule has 0 bridgehead atoms. The van der Waals surface area contributed by atoms with Gasteiger partial charge in [0.15, 0.2) is 0 Å². The second kappa shape index (κ2) is 4.57. The van der Waals surface area contributed by atoms with Crippen LogP contribution >= 0.6 is 12.4 Å². The van der Waals surface area contributed by atoms with E-state index in [1.807, 2.05) is 6.07 Å². The van der Waals surface area contributed by atoms with Gasteiger partial charge in [0.05, 0.1) is 12.2 Å². The Morgan fingerprint density at radius 2 is 2.33 bits per heavy atom. The first kappa shape index (κ1) is 8.70. The Kier molecular flexibility index (Phi) is 4.41. The summed E-state index contributed by atoms with van der Waals surface area (Å²) in [5, 5.41) is 11.1. The summed E-state index contributed by atoms with van der Waals surface area (Å²) in [6.45, 7) is 2.04. The average molecular weight is 149 g/mol. The summed E-state index contributed by atoms with van der Waals surface area (Å²) >= 11 is 0. The lowest BCUT2D eigenvalue weighted by atomic mass is 10.2. The van der Waals surface area contributed by atoms with Crippen molar-refractivity contribution in [2.24, 2.45) is 0 Å². The molecule has 1 aliphatic rings. The smallest absolute Gasteiger partial charge is 0.134 e. The molecule has 1 heterocycles. The van der Waals surface area contributed by atoms with Crippen LogP contribution in [-0.4, -0.2) is 25.8 Å². The van der Waals surface area contributed by atoms with Crippen molar-refractivity contribution in [1.29, 1.82) is 5.26 Å². The minimum absolute atomic E-state index is 0. The van der Waals surface area contributed by atoms with E-state index in [1.165, 1.54) is 0 Å². The average Bonchev–Trinajstić information content (AvgIpc) is 1.63. The maximum Gasteiger partial charge on any atom is 0.134 e. The molecule has 0 amide bonds. The Labute approximate surface area is 60.4 Å². The quantitative estimate of drug-likeness (QED) is 0.596. The molecule has 0 aromatic rings. The van der Waals surface area contributed by atoms with Gasteiger partial charge in [0.2, 0.25) is 0 Å². The van der Waals surface area contributed by atoms with Crippen LogP contribution in [0.3, 0.4) is 0 Å². The zero-order valence-electron chi connectivity index (χ0n) is 4.96. The van der Waals surface area contributed by atoms with Crippen molar-refractivity contribution in [1.82, 2.24) is 5.32 Å². The van der Waals surface area contributed by atoms with Crippen LogP contribution in [0.1, 0.15) is 0 Å². The molecule has 1 aliphatic heterocycles. The molecule has 0 aliphatic carbocycles. The Balaban J connectivity index is 0.000000640. The molecule has 3 nitrogen and oxygen atoms in total. The number of hydrogen-bond donors (Lipinski definition) is 1. The van der Waals surface area contributed by atoms with Crippen molar-refractivity contribution >= 4 is 12.4 Å². The highest BCUT2D eigenvalue weighted by Gasteiger charge is 2.15. The number of hydrogen-bond acceptors (Lipinski definition) is 3. The Morgan fingerprint density at radius 3 is 2.67 bits per heavy atom. The molecule has 1 rings (SSSR count). The van der Waals surface area contributed by atoms with Crippen molar-refractivity contribution < 1.29 is 4.74 Å². The van der Waals surface area contributed by atoms with E-state index in [1.54, 1.807) is 0 Å². The summed E-state index contributed by atoms with van der Waals surface area (Å²) in [6, 6.07) is 1.92. The lowest BCUT2D eigenvalue weighted by Gasteiger charge is -2.25. The van der Waals surface area contributed by atoms with Gasteiger partial charge in [-0.3, -0.25) is 0 Å². The summed E-state index contributed by atoms with van der Waals surface area (Å²) < 4.78 is 5.00. The van der Waals surface area contributed by atoms with Crippen molar-refractivity contribution in [2.75, 3.05) is 19.7 Å². The van der Waals surface area contributed by atoms with Crippen molar-refractivity contribution in [3.05, 3.63) is 0 Å². The molecule has 52 valence electrons. The van der Waals surface area contributed by atoms with Crippen LogP contribution in [0, 0.1) is 11.3 Å². The predicted molar refractivity (Wildman–Crippen MR) is 35.5 cm³/mol. The van der Waals surface area contributed by atoms with Crippen LogP contribution in [0.5, 0.6) is 0 Å². The second-order valence-electron chi connectivity index (χ2n) is 1.75. The van der Waals surface area contributed by atoms with Crippen LogP contribution in [0.25, 0.3) is 0 Å².